The number of benzene rings is 2. The first kappa shape index (κ1) is 17.6. The summed E-state index contributed by atoms with van der Waals surface area (Å²) in [5, 5.41) is 0. The van der Waals surface area contributed by atoms with Crippen molar-refractivity contribution in [3.63, 3.8) is 0 Å². The van der Waals surface area contributed by atoms with E-state index in [1.807, 2.05) is 0 Å². The van der Waals surface area contributed by atoms with Gasteiger partial charge in [-0.1, -0.05) is 0 Å². The molecule has 0 saturated carbocycles. The van der Waals surface area contributed by atoms with Gasteiger partial charge in [0.25, 0.3) is 0 Å². The Morgan fingerprint density at radius 2 is 0.800 bits per heavy atom. The van der Waals surface area contributed by atoms with Crippen LogP contribution >= 0.6 is 0 Å². The summed E-state index contributed by atoms with van der Waals surface area (Å²) >= 11 is -0.239. The molecule has 0 aliphatic heterocycles. The van der Waals surface area contributed by atoms with Gasteiger partial charge >= 0.3 is 123 Å². The molecule has 0 amide bonds. The normalized spacial score (nSPS) is 10.3. The van der Waals surface area contributed by atoms with Gasteiger partial charge in [-0.15, -0.1) is 0 Å². The summed E-state index contributed by atoms with van der Waals surface area (Å²) in [6.45, 7) is 13.4. The van der Waals surface area contributed by atoms with Crippen LogP contribution in [-0.2, 0) is 0 Å². The molecule has 0 aliphatic carbocycles. The first-order valence-corrected chi connectivity index (χ1v) is 8.91. The molecule has 2 rings (SSSR count). The monoisotopic (exact) mass is 319 g/mol. The van der Waals surface area contributed by atoms with Crippen LogP contribution in [0.2, 0.25) is 0 Å². The predicted molar refractivity (Wildman–Crippen MR) is 92.1 cm³/mol. The van der Waals surface area contributed by atoms with E-state index in [2.05, 4.69) is 65.8 Å². The van der Waals surface area contributed by atoms with E-state index in [1.165, 1.54) is 33.4 Å². The summed E-state index contributed by atoms with van der Waals surface area (Å²) in [7, 11) is 0. The Balaban J connectivity index is 0.00000200. The van der Waals surface area contributed by atoms with Gasteiger partial charge in [-0.3, -0.25) is 0 Å². The van der Waals surface area contributed by atoms with E-state index in [1.54, 1.807) is 8.79 Å². The van der Waals surface area contributed by atoms with Gasteiger partial charge in [0.2, 0.25) is 0 Å². The molecule has 2 aromatic rings. The van der Waals surface area contributed by atoms with E-state index in [0.717, 1.165) is 0 Å². The molecule has 0 spiro atoms. The molecule has 0 nitrogen and oxygen atoms in total. The summed E-state index contributed by atoms with van der Waals surface area (Å²) in [5.41, 5.74) is 8.63. The molecule has 0 aromatic heterocycles. The topological polar surface area (TPSA) is 0 Å². The molecule has 0 saturated heterocycles. The second kappa shape index (κ2) is 7.03. The molecular weight excluding hydrogens is 296 g/mol. The largest absolute Gasteiger partial charge is 0 e. The van der Waals surface area contributed by atoms with Crippen LogP contribution in [0.15, 0.2) is 24.3 Å². The van der Waals surface area contributed by atoms with Crippen molar-refractivity contribution in [3.05, 3.63) is 57.6 Å². The standard InChI is InChI=1S/C18H22Ge.Li/c1-11-7-13(3)17(14(4)8-11)19-18-15(5)9-12(2)10-16(18)6;/h7-10H,1-6H3;. The molecule has 0 atom stereocenters. The second-order valence-electron chi connectivity index (χ2n) is 5.67. The van der Waals surface area contributed by atoms with Gasteiger partial charge in [-0.2, -0.15) is 0 Å². The zero-order chi connectivity index (χ0) is 14.2. The van der Waals surface area contributed by atoms with Crippen LogP contribution in [0.5, 0.6) is 0 Å². The summed E-state index contributed by atoms with van der Waals surface area (Å²) in [6.07, 6.45) is 0. The minimum absolute atomic E-state index is 0. The Bertz CT molecular complexity index is 528. The minimum atomic E-state index is -0.239. The molecular formula is C18H22GeLi. The molecule has 0 aliphatic rings. The Kier molecular flexibility index (Phi) is 6.20. The SMILES string of the molecule is Cc1cc(C)[c]([Ge][c]2c(C)cc(C)cc2C)c(C)c1.[Li]. The molecule has 0 heterocycles. The van der Waals surface area contributed by atoms with Gasteiger partial charge in [0.1, 0.15) is 0 Å². The van der Waals surface area contributed by atoms with Crippen LogP contribution in [0.1, 0.15) is 33.4 Å². The average Bonchev–Trinajstić information content (AvgIpc) is 2.25. The van der Waals surface area contributed by atoms with Crippen LogP contribution in [-0.4, -0.2) is 34.3 Å². The van der Waals surface area contributed by atoms with Gasteiger partial charge in [-0.05, 0) is 0 Å². The van der Waals surface area contributed by atoms with E-state index in [-0.39, 0.29) is 34.3 Å². The zero-order valence-corrected chi connectivity index (χ0v) is 15.9. The van der Waals surface area contributed by atoms with Crippen molar-refractivity contribution in [2.75, 3.05) is 0 Å². The van der Waals surface area contributed by atoms with Crippen LogP contribution in [0.25, 0.3) is 0 Å². The molecule has 0 unspecified atom stereocenters. The summed E-state index contributed by atoms with van der Waals surface area (Å²) in [5.74, 6) is 0. The van der Waals surface area contributed by atoms with E-state index in [4.69, 9.17) is 0 Å². The Morgan fingerprint density at radius 1 is 0.550 bits per heavy atom. The maximum absolute atomic E-state index is 2.32. The third-order valence-electron chi connectivity index (χ3n) is 3.60. The Labute approximate surface area is 142 Å². The maximum atomic E-state index is 2.32. The fourth-order valence-corrected chi connectivity index (χ4v) is 5.66. The van der Waals surface area contributed by atoms with Gasteiger partial charge in [-0.25, -0.2) is 0 Å². The molecule has 99 valence electrons. The van der Waals surface area contributed by atoms with Gasteiger partial charge in [0.05, 0.1) is 0 Å². The predicted octanol–water partition coefficient (Wildman–Crippen LogP) is 2.81. The van der Waals surface area contributed by atoms with E-state index < -0.39 is 0 Å². The van der Waals surface area contributed by atoms with Crippen LogP contribution in [0.4, 0.5) is 0 Å². The molecule has 2 heteroatoms. The van der Waals surface area contributed by atoms with Crippen molar-refractivity contribution in [2.24, 2.45) is 0 Å². The van der Waals surface area contributed by atoms with Crippen molar-refractivity contribution >= 4 is 43.1 Å². The van der Waals surface area contributed by atoms with Crippen molar-refractivity contribution < 1.29 is 0 Å². The smallest absolute Gasteiger partial charge is 0 e. The molecule has 0 bridgehead atoms. The Hall–Kier alpha value is -0.420. The number of hydrogen-bond donors (Lipinski definition) is 0. The molecule has 0 fully saturated rings. The minimum Gasteiger partial charge on any atom is 0 e. The molecule has 3 radical (unpaired) electrons. The van der Waals surface area contributed by atoms with Gasteiger partial charge in [0, 0.05) is 18.9 Å². The average molecular weight is 318 g/mol. The third-order valence-corrected chi connectivity index (χ3v) is 7.96. The van der Waals surface area contributed by atoms with Crippen molar-refractivity contribution in [1.29, 1.82) is 0 Å². The summed E-state index contributed by atoms with van der Waals surface area (Å²) < 4.78 is 3.22. The fourth-order valence-electron chi connectivity index (χ4n) is 2.88. The van der Waals surface area contributed by atoms with Crippen LogP contribution in [0.3, 0.4) is 0 Å². The van der Waals surface area contributed by atoms with Gasteiger partial charge < -0.3 is 0 Å². The van der Waals surface area contributed by atoms with Crippen LogP contribution in [0, 0.1) is 41.5 Å². The Morgan fingerprint density at radius 3 is 1.05 bits per heavy atom. The number of rotatable bonds is 2. The molecule has 0 N–H and O–H groups in total. The quantitative estimate of drug-likeness (QED) is 0.747. The van der Waals surface area contributed by atoms with Gasteiger partial charge in [0.15, 0.2) is 0 Å². The number of hydrogen-bond acceptors (Lipinski definition) is 0. The van der Waals surface area contributed by atoms with Crippen molar-refractivity contribution in [2.45, 2.75) is 41.5 Å². The van der Waals surface area contributed by atoms with E-state index in [0.29, 0.717) is 0 Å². The van der Waals surface area contributed by atoms with Crippen molar-refractivity contribution in [3.8, 4) is 0 Å². The molecule has 20 heavy (non-hydrogen) atoms. The first-order valence-electron chi connectivity index (χ1n) is 6.81. The number of aryl methyl sites for hydroxylation is 6. The first-order chi connectivity index (χ1) is 8.88. The van der Waals surface area contributed by atoms with Crippen molar-refractivity contribution in [1.82, 2.24) is 0 Å². The van der Waals surface area contributed by atoms with Crippen LogP contribution < -0.4 is 8.79 Å². The summed E-state index contributed by atoms with van der Waals surface area (Å²) in [4.78, 5) is 0. The summed E-state index contributed by atoms with van der Waals surface area (Å²) in [6, 6.07) is 9.30. The fraction of sp³-hybridized carbons (Fsp3) is 0.333. The third kappa shape index (κ3) is 3.82. The zero-order valence-electron chi connectivity index (χ0n) is 13.8. The van der Waals surface area contributed by atoms with E-state index >= 15 is 0 Å². The maximum Gasteiger partial charge on any atom is 0 e. The van der Waals surface area contributed by atoms with E-state index in [9.17, 15) is 0 Å². The second-order valence-corrected chi connectivity index (χ2v) is 8.30. The molecule has 2 aromatic carbocycles.